The van der Waals surface area contributed by atoms with Crippen molar-refractivity contribution in [2.45, 2.75) is 32.1 Å². The first-order chi connectivity index (χ1) is 15.5. The van der Waals surface area contributed by atoms with Crippen molar-refractivity contribution in [2.75, 3.05) is 31.2 Å². The van der Waals surface area contributed by atoms with Crippen molar-refractivity contribution in [3.8, 4) is 0 Å². The van der Waals surface area contributed by atoms with Crippen molar-refractivity contribution in [3.05, 3.63) is 42.0 Å². The van der Waals surface area contributed by atoms with Gasteiger partial charge in [0, 0.05) is 37.7 Å². The Bertz CT molecular complexity index is 978. The summed E-state index contributed by atoms with van der Waals surface area (Å²) in [6.45, 7) is 2.10. The lowest BCUT2D eigenvalue weighted by molar-refractivity contribution is -0.140. The third-order valence-electron chi connectivity index (χ3n) is 7.21. The molecule has 4 amide bonds. The van der Waals surface area contributed by atoms with Gasteiger partial charge in [0.15, 0.2) is 0 Å². The number of piperazine rings is 1. The van der Waals surface area contributed by atoms with Gasteiger partial charge in [0.1, 0.15) is 0 Å². The van der Waals surface area contributed by atoms with Gasteiger partial charge < -0.3 is 9.80 Å². The fraction of sp³-hybridized carbons (Fsp3) is 0.500. The van der Waals surface area contributed by atoms with Crippen LogP contribution >= 0.6 is 0 Å². The smallest absolute Gasteiger partial charge is 0.254 e. The number of carbonyl (C=O) groups is 4. The molecule has 1 N–H and O–H groups in total. The molecule has 32 heavy (non-hydrogen) atoms. The quantitative estimate of drug-likeness (QED) is 0.731. The number of amides is 4. The maximum Gasteiger partial charge on any atom is 0.254 e. The molecule has 0 radical (unpaired) electrons. The van der Waals surface area contributed by atoms with Crippen molar-refractivity contribution in [1.82, 2.24) is 15.2 Å². The summed E-state index contributed by atoms with van der Waals surface area (Å²) in [6, 6.07) is 6.83. The fourth-order valence-electron chi connectivity index (χ4n) is 4.99. The van der Waals surface area contributed by atoms with Crippen LogP contribution in [-0.4, -0.2) is 59.6 Å². The molecule has 8 heteroatoms. The first-order valence-electron chi connectivity index (χ1n) is 11.5. The van der Waals surface area contributed by atoms with Crippen LogP contribution in [-0.2, 0) is 14.4 Å². The second-order valence-electron chi connectivity index (χ2n) is 9.10. The number of anilines is 1. The number of nitrogens with one attached hydrogen (secondary N) is 1. The largest absolute Gasteiger partial charge is 0.339 e. The van der Waals surface area contributed by atoms with Gasteiger partial charge in [-0.15, -0.1) is 0 Å². The molecule has 4 aliphatic rings. The Morgan fingerprint density at radius 2 is 1.59 bits per heavy atom. The highest BCUT2D eigenvalue weighted by molar-refractivity contribution is 6.05. The second-order valence-corrected chi connectivity index (χ2v) is 9.10. The normalized spacial score (nSPS) is 25.8. The Balaban J connectivity index is 1.26. The average molecular weight is 437 g/mol. The molecule has 2 atom stereocenters. The lowest BCUT2D eigenvalue weighted by Crippen LogP contribution is -2.59. The van der Waals surface area contributed by atoms with Gasteiger partial charge in [-0.25, -0.2) is 5.01 Å². The third kappa shape index (κ3) is 3.67. The zero-order chi connectivity index (χ0) is 22.2. The van der Waals surface area contributed by atoms with Crippen LogP contribution in [0.2, 0.25) is 0 Å². The molecule has 2 saturated heterocycles. The molecule has 2 unspecified atom stereocenters. The molecule has 2 aliphatic heterocycles. The highest BCUT2D eigenvalue weighted by Crippen LogP contribution is 2.33. The van der Waals surface area contributed by atoms with Crippen LogP contribution in [0, 0.1) is 17.8 Å². The predicted octanol–water partition coefficient (Wildman–Crippen LogP) is 1.73. The number of nitrogens with zero attached hydrogens (tertiary/aromatic N) is 3. The summed E-state index contributed by atoms with van der Waals surface area (Å²) in [6.07, 6.45) is 8.11. The number of hydrazine groups is 1. The van der Waals surface area contributed by atoms with E-state index in [-0.39, 0.29) is 41.4 Å². The number of allylic oxidation sites excluding steroid dienone is 2. The van der Waals surface area contributed by atoms with E-state index < -0.39 is 0 Å². The second kappa shape index (κ2) is 8.41. The minimum Gasteiger partial charge on any atom is -0.339 e. The van der Waals surface area contributed by atoms with Gasteiger partial charge in [0.2, 0.25) is 17.7 Å². The molecule has 1 aromatic carbocycles. The summed E-state index contributed by atoms with van der Waals surface area (Å²) in [4.78, 5) is 54.7. The Kier molecular flexibility index (Phi) is 5.45. The average Bonchev–Trinajstić information content (AvgIpc) is 2.80. The first kappa shape index (κ1) is 20.7. The maximum absolute atomic E-state index is 13.1. The van der Waals surface area contributed by atoms with E-state index in [0.717, 1.165) is 19.3 Å². The van der Waals surface area contributed by atoms with Gasteiger partial charge in [0.05, 0.1) is 17.5 Å². The first-order valence-corrected chi connectivity index (χ1v) is 11.5. The Labute approximate surface area is 187 Å². The molecular weight excluding hydrogens is 408 g/mol. The Morgan fingerprint density at radius 3 is 2.28 bits per heavy atom. The van der Waals surface area contributed by atoms with Crippen LogP contribution in [0.5, 0.6) is 0 Å². The Hall–Kier alpha value is -3.16. The summed E-state index contributed by atoms with van der Waals surface area (Å²) >= 11 is 0. The van der Waals surface area contributed by atoms with E-state index in [1.807, 2.05) is 17.1 Å². The molecule has 8 nitrogen and oxygen atoms in total. The van der Waals surface area contributed by atoms with Crippen LogP contribution in [0.1, 0.15) is 42.5 Å². The van der Waals surface area contributed by atoms with Crippen molar-refractivity contribution < 1.29 is 19.2 Å². The molecule has 3 fully saturated rings. The monoisotopic (exact) mass is 436 g/mol. The van der Waals surface area contributed by atoms with Gasteiger partial charge in [-0.3, -0.25) is 24.6 Å². The fourth-order valence-corrected chi connectivity index (χ4v) is 4.99. The highest BCUT2D eigenvalue weighted by Gasteiger charge is 2.42. The minimum absolute atomic E-state index is 0.128. The molecule has 5 rings (SSSR count). The number of carbonyl (C=O) groups excluding carboxylic acids is 4. The summed E-state index contributed by atoms with van der Waals surface area (Å²) in [5.41, 5.74) is 3.66. The van der Waals surface area contributed by atoms with Crippen LogP contribution in [0.3, 0.4) is 0 Å². The third-order valence-corrected chi connectivity index (χ3v) is 7.21. The zero-order valence-electron chi connectivity index (χ0n) is 18.0. The molecule has 168 valence electrons. The molecule has 1 aromatic rings. The summed E-state index contributed by atoms with van der Waals surface area (Å²) in [7, 11) is 0. The van der Waals surface area contributed by atoms with Crippen molar-refractivity contribution in [1.29, 1.82) is 0 Å². The number of rotatable bonds is 3. The zero-order valence-corrected chi connectivity index (χ0v) is 18.0. The van der Waals surface area contributed by atoms with Gasteiger partial charge in [-0.1, -0.05) is 24.6 Å². The van der Waals surface area contributed by atoms with Gasteiger partial charge in [-0.05, 0) is 43.9 Å². The number of hydrogen-bond donors (Lipinski definition) is 1. The van der Waals surface area contributed by atoms with E-state index in [9.17, 15) is 19.2 Å². The van der Waals surface area contributed by atoms with E-state index in [1.165, 1.54) is 5.01 Å². The Morgan fingerprint density at radius 1 is 0.906 bits per heavy atom. The molecular formula is C24H28N4O4. The lowest BCUT2D eigenvalue weighted by Gasteiger charge is -2.39. The van der Waals surface area contributed by atoms with Gasteiger partial charge >= 0.3 is 0 Å². The molecule has 0 aromatic heterocycles. The molecule has 2 aliphatic carbocycles. The predicted molar refractivity (Wildman–Crippen MR) is 117 cm³/mol. The molecule has 1 saturated carbocycles. The SMILES string of the molecule is O=C1NN(c2cccc(C(=O)N3CCN(C(=O)C4CCC4)CC3)c2)C(=O)C2CC=CCC12. The number of benzene rings is 1. The summed E-state index contributed by atoms with van der Waals surface area (Å²) in [5, 5.41) is 1.29. The lowest BCUT2D eigenvalue weighted by atomic mass is 9.80. The van der Waals surface area contributed by atoms with Gasteiger partial charge in [-0.2, -0.15) is 0 Å². The molecule has 0 bridgehead atoms. The van der Waals surface area contributed by atoms with E-state index in [0.29, 0.717) is 50.3 Å². The van der Waals surface area contributed by atoms with Crippen LogP contribution in [0.15, 0.2) is 36.4 Å². The highest BCUT2D eigenvalue weighted by atomic mass is 16.2. The van der Waals surface area contributed by atoms with Crippen molar-refractivity contribution in [2.24, 2.45) is 17.8 Å². The number of fused-ring (bicyclic) bond motifs is 1. The molecule has 0 spiro atoms. The van der Waals surface area contributed by atoms with E-state index in [1.54, 1.807) is 29.2 Å². The number of hydrogen-bond acceptors (Lipinski definition) is 4. The topological polar surface area (TPSA) is 90.0 Å². The van der Waals surface area contributed by atoms with Crippen molar-refractivity contribution >= 4 is 29.3 Å². The van der Waals surface area contributed by atoms with E-state index in [2.05, 4.69) is 5.43 Å². The summed E-state index contributed by atoms with van der Waals surface area (Å²) in [5.74, 6) is -0.737. The van der Waals surface area contributed by atoms with Crippen LogP contribution < -0.4 is 10.4 Å². The van der Waals surface area contributed by atoms with Crippen LogP contribution in [0.25, 0.3) is 0 Å². The van der Waals surface area contributed by atoms with Crippen molar-refractivity contribution in [3.63, 3.8) is 0 Å². The molecule has 2 heterocycles. The van der Waals surface area contributed by atoms with E-state index in [4.69, 9.17) is 0 Å². The maximum atomic E-state index is 13.1. The minimum atomic E-state index is -0.366. The van der Waals surface area contributed by atoms with Crippen LogP contribution in [0.4, 0.5) is 5.69 Å². The standard InChI is InChI=1S/C24H28N4O4/c29-21-19-9-1-2-10-20(19)24(32)28(25-21)18-8-4-7-17(15-18)23(31)27-13-11-26(12-14-27)22(30)16-5-3-6-16/h1-2,4,7-8,15-16,19-20H,3,5-6,9-14H2,(H,25,29). The summed E-state index contributed by atoms with van der Waals surface area (Å²) < 4.78 is 0. The van der Waals surface area contributed by atoms with E-state index >= 15 is 0 Å². The van der Waals surface area contributed by atoms with Gasteiger partial charge in [0.25, 0.3) is 5.91 Å².